The number of hydrogen-bond acceptors (Lipinski definition) is 1. The Bertz CT molecular complexity index is 143. The molecule has 0 aromatic rings. The lowest BCUT2D eigenvalue weighted by Crippen LogP contribution is -2.09. The second-order valence-electron chi connectivity index (χ2n) is 3.55. The maximum atomic E-state index is 9.90. The van der Waals surface area contributed by atoms with E-state index >= 15 is 0 Å². The Kier molecular flexibility index (Phi) is 11.5. The summed E-state index contributed by atoms with van der Waals surface area (Å²) < 4.78 is 0. The van der Waals surface area contributed by atoms with Crippen molar-refractivity contribution in [3.63, 3.8) is 0 Å². The van der Waals surface area contributed by atoms with Crippen LogP contribution in [-0.4, -0.2) is 13.0 Å². The molecule has 0 spiro atoms. The van der Waals surface area contributed by atoms with Gasteiger partial charge < -0.3 is 5.32 Å². The Morgan fingerprint density at radius 1 is 1.00 bits per heavy atom. The maximum absolute atomic E-state index is 9.90. The van der Waals surface area contributed by atoms with Gasteiger partial charge >= 0.3 is 0 Å². The third kappa shape index (κ3) is 11.2. The monoisotopic (exact) mass is 197 g/mol. The molecule has 0 heterocycles. The number of unbranched alkanes of at least 4 members (excludes halogenated alkanes) is 6. The van der Waals surface area contributed by atoms with Crippen molar-refractivity contribution in [2.75, 3.05) is 6.54 Å². The van der Waals surface area contributed by atoms with Gasteiger partial charge in [0, 0.05) is 6.54 Å². The number of rotatable bonds is 10. The summed E-state index contributed by atoms with van der Waals surface area (Å²) in [5.74, 6) is 0. The van der Waals surface area contributed by atoms with Crippen LogP contribution in [0.15, 0.2) is 12.2 Å². The van der Waals surface area contributed by atoms with E-state index in [1.54, 1.807) is 0 Å². The molecule has 0 aliphatic heterocycles. The van der Waals surface area contributed by atoms with Crippen molar-refractivity contribution in [3.8, 4) is 0 Å². The molecule has 2 nitrogen and oxygen atoms in total. The minimum absolute atomic E-state index is 0.666. The molecule has 0 rings (SSSR count). The number of nitrogens with one attached hydrogen (secondary N) is 1. The minimum atomic E-state index is 0.666. The first-order valence-corrected chi connectivity index (χ1v) is 5.73. The molecular weight excluding hydrogens is 174 g/mol. The first kappa shape index (κ1) is 13.2. The summed E-state index contributed by atoms with van der Waals surface area (Å²) in [6.07, 6.45) is 14.1. The van der Waals surface area contributed by atoms with Gasteiger partial charge in [-0.25, -0.2) is 0 Å². The molecule has 82 valence electrons. The molecule has 0 aliphatic carbocycles. The van der Waals surface area contributed by atoms with Gasteiger partial charge in [-0.2, -0.15) is 0 Å². The highest BCUT2D eigenvalue weighted by Gasteiger charge is 1.87. The fraction of sp³-hybridized carbons (Fsp3) is 0.750. The average Bonchev–Trinajstić information content (AvgIpc) is 2.21. The number of amides is 1. The van der Waals surface area contributed by atoms with Crippen molar-refractivity contribution in [1.29, 1.82) is 0 Å². The molecule has 0 bridgehead atoms. The molecule has 0 aromatic heterocycles. The van der Waals surface area contributed by atoms with Gasteiger partial charge in [-0.1, -0.05) is 51.2 Å². The molecule has 0 radical (unpaired) electrons. The van der Waals surface area contributed by atoms with Crippen molar-refractivity contribution in [3.05, 3.63) is 12.2 Å². The summed E-state index contributed by atoms with van der Waals surface area (Å²) in [6.45, 7) is 2.90. The first-order chi connectivity index (χ1) is 6.91. The van der Waals surface area contributed by atoms with Crippen LogP contribution >= 0.6 is 0 Å². The van der Waals surface area contributed by atoms with Gasteiger partial charge in [0.15, 0.2) is 0 Å². The summed E-state index contributed by atoms with van der Waals surface area (Å²) in [5, 5.41) is 2.60. The van der Waals surface area contributed by atoms with E-state index in [-0.39, 0.29) is 0 Å². The molecular formula is C12H23NO. The second kappa shape index (κ2) is 12.2. The number of hydrogen-bond donors (Lipinski definition) is 1. The van der Waals surface area contributed by atoms with E-state index in [1.165, 1.54) is 38.5 Å². The highest BCUT2D eigenvalue weighted by atomic mass is 16.1. The molecule has 14 heavy (non-hydrogen) atoms. The number of carbonyl (C=O) groups is 1. The first-order valence-electron chi connectivity index (χ1n) is 5.73. The van der Waals surface area contributed by atoms with Crippen LogP contribution in [0.4, 0.5) is 0 Å². The quantitative estimate of drug-likeness (QED) is 0.325. The fourth-order valence-corrected chi connectivity index (χ4v) is 1.36. The smallest absolute Gasteiger partial charge is 0.207 e. The van der Waals surface area contributed by atoms with Gasteiger partial charge in [0.05, 0.1) is 0 Å². The Morgan fingerprint density at radius 2 is 1.71 bits per heavy atom. The second-order valence-corrected chi connectivity index (χ2v) is 3.55. The Hall–Kier alpha value is -0.790. The third-order valence-corrected chi connectivity index (χ3v) is 2.21. The molecule has 0 atom stereocenters. The van der Waals surface area contributed by atoms with E-state index in [0.717, 1.165) is 12.8 Å². The SMILES string of the molecule is CCCCCCCC/C=C/CNC=O. The standard InChI is InChI=1S/C12H23NO/c1-2-3-4-5-6-7-8-9-10-11-13-12-14/h9-10,12H,2-8,11H2,1H3,(H,13,14)/b10-9+. The summed E-state index contributed by atoms with van der Waals surface area (Å²) in [7, 11) is 0. The lowest BCUT2D eigenvalue weighted by atomic mass is 10.1. The van der Waals surface area contributed by atoms with Gasteiger partial charge in [-0.3, -0.25) is 4.79 Å². The zero-order valence-electron chi connectivity index (χ0n) is 9.30. The van der Waals surface area contributed by atoms with E-state index in [0.29, 0.717) is 6.54 Å². The van der Waals surface area contributed by atoms with Crippen LogP contribution in [-0.2, 0) is 4.79 Å². The molecule has 1 amide bonds. The Morgan fingerprint density at radius 3 is 2.43 bits per heavy atom. The fourth-order valence-electron chi connectivity index (χ4n) is 1.36. The molecule has 0 saturated carbocycles. The summed E-state index contributed by atoms with van der Waals surface area (Å²) >= 11 is 0. The van der Waals surface area contributed by atoms with Crippen LogP contribution in [0.3, 0.4) is 0 Å². The summed E-state index contributed by atoms with van der Waals surface area (Å²) in [4.78, 5) is 9.90. The van der Waals surface area contributed by atoms with Gasteiger partial charge in [0.1, 0.15) is 0 Å². The van der Waals surface area contributed by atoms with Crippen molar-refractivity contribution in [1.82, 2.24) is 5.32 Å². The Balaban J connectivity index is 2.97. The molecule has 0 saturated heterocycles. The lowest BCUT2D eigenvalue weighted by Gasteiger charge is -1.97. The van der Waals surface area contributed by atoms with Crippen LogP contribution in [0.5, 0.6) is 0 Å². The molecule has 0 aliphatic rings. The average molecular weight is 197 g/mol. The topological polar surface area (TPSA) is 29.1 Å². The number of allylic oxidation sites excluding steroid dienone is 1. The van der Waals surface area contributed by atoms with Crippen LogP contribution in [0.25, 0.3) is 0 Å². The van der Waals surface area contributed by atoms with Crippen molar-refractivity contribution >= 4 is 6.41 Å². The highest BCUT2D eigenvalue weighted by molar-refractivity contribution is 5.46. The van der Waals surface area contributed by atoms with Gasteiger partial charge in [-0.05, 0) is 12.8 Å². The predicted molar refractivity (Wildman–Crippen MR) is 61.2 cm³/mol. The van der Waals surface area contributed by atoms with E-state index in [4.69, 9.17) is 0 Å². The molecule has 2 heteroatoms. The van der Waals surface area contributed by atoms with Crippen LogP contribution in [0.1, 0.15) is 51.9 Å². The predicted octanol–water partition coefficient (Wildman–Crippen LogP) is 3.04. The zero-order chi connectivity index (χ0) is 10.5. The van der Waals surface area contributed by atoms with E-state index in [1.807, 2.05) is 6.08 Å². The lowest BCUT2D eigenvalue weighted by molar-refractivity contribution is -0.109. The summed E-state index contributed by atoms with van der Waals surface area (Å²) in [6, 6.07) is 0. The van der Waals surface area contributed by atoms with Gasteiger partial charge in [0.25, 0.3) is 0 Å². The molecule has 0 fully saturated rings. The third-order valence-electron chi connectivity index (χ3n) is 2.21. The maximum Gasteiger partial charge on any atom is 0.207 e. The van der Waals surface area contributed by atoms with Crippen LogP contribution in [0.2, 0.25) is 0 Å². The van der Waals surface area contributed by atoms with Gasteiger partial charge in [-0.15, -0.1) is 0 Å². The largest absolute Gasteiger partial charge is 0.355 e. The van der Waals surface area contributed by atoms with Crippen molar-refractivity contribution < 1.29 is 4.79 Å². The van der Waals surface area contributed by atoms with E-state index in [2.05, 4.69) is 18.3 Å². The zero-order valence-corrected chi connectivity index (χ0v) is 9.30. The normalized spacial score (nSPS) is 10.6. The van der Waals surface area contributed by atoms with Gasteiger partial charge in [0.2, 0.25) is 6.41 Å². The van der Waals surface area contributed by atoms with E-state index in [9.17, 15) is 4.79 Å². The number of carbonyl (C=O) groups excluding carboxylic acids is 1. The van der Waals surface area contributed by atoms with Crippen molar-refractivity contribution in [2.45, 2.75) is 51.9 Å². The highest BCUT2D eigenvalue weighted by Crippen LogP contribution is 2.06. The molecule has 0 unspecified atom stereocenters. The molecule has 0 aromatic carbocycles. The summed E-state index contributed by atoms with van der Waals surface area (Å²) in [5.41, 5.74) is 0. The van der Waals surface area contributed by atoms with Crippen molar-refractivity contribution in [2.24, 2.45) is 0 Å². The van der Waals surface area contributed by atoms with E-state index < -0.39 is 0 Å². The Labute approximate surface area is 87.8 Å². The van der Waals surface area contributed by atoms with Crippen LogP contribution in [0, 0.1) is 0 Å². The minimum Gasteiger partial charge on any atom is -0.355 e. The van der Waals surface area contributed by atoms with Crippen LogP contribution < -0.4 is 5.32 Å². The molecule has 1 N–H and O–H groups in total.